The minimum absolute atomic E-state index is 0.110. The largest absolute Gasteiger partial charge is 0.462 e. The van der Waals surface area contributed by atoms with Crippen molar-refractivity contribution in [2.24, 2.45) is 0 Å². The molecular weight excluding hydrogens is 160 g/mol. The van der Waals surface area contributed by atoms with E-state index in [4.69, 9.17) is 11.6 Å². The van der Waals surface area contributed by atoms with E-state index in [9.17, 15) is 9.59 Å². The van der Waals surface area contributed by atoms with E-state index >= 15 is 0 Å². The molecule has 10 heavy (non-hydrogen) atoms. The zero-order chi connectivity index (χ0) is 7.56. The van der Waals surface area contributed by atoms with E-state index in [0.717, 1.165) is 0 Å². The molecule has 4 nitrogen and oxygen atoms in total. The molecule has 0 radical (unpaired) electrons. The molecule has 1 fully saturated rings. The SMILES string of the molecule is O=C(Cl)OC1COC(=O)C1. The molecule has 0 aliphatic carbocycles. The molecule has 0 spiro atoms. The number of carbonyl (C=O) groups is 2. The van der Waals surface area contributed by atoms with Crippen LogP contribution in [0.5, 0.6) is 0 Å². The van der Waals surface area contributed by atoms with E-state index in [-0.39, 0.29) is 19.0 Å². The van der Waals surface area contributed by atoms with Gasteiger partial charge in [-0.3, -0.25) is 4.79 Å². The van der Waals surface area contributed by atoms with Crippen molar-refractivity contribution in [3.8, 4) is 0 Å². The summed E-state index contributed by atoms with van der Waals surface area (Å²) in [5.74, 6) is -0.358. The molecule has 0 aromatic heterocycles. The van der Waals surface area contributed by atoms with Crippen LogP contribution in [0.4, 0.5) is 4.79 Å². The van der Waals surface area contributed by atoms with Gasteiger partial charge in [-0.05, 0) is 0 Å². The molecule has 0 bridgehead atoms. The van der Waals surface area contributed by atoms with Gasteiger partial charge in [-0.1, -0.05) is 0 Å². The van der Waals surface area contributed by atoms with Crippen LogP contribution in [0.2, 0.25) is 0 Å². The third-order valence-electron chi connectivity index (χ3n) is 1.08. The van der Waals surface area contributed by atoms with Crippen molar-refractivity contribution < 1.29 is 19.1 Å². The Morgan fingerprint density at radius 2 is 2.50 bits per heavy atom. The summed E-state index contributed by atoms with van der Waals surface area (Å²) in [6.45, 7) is 0.122. The molecule has 56 valence electrons. The molecule has 1 atom stereocenters. The number of hydrogen-bond acceptors (Lipinski definition) is 4. The molecule has 0 aromatic rings. The number of esters is 1. The molecule has 1 aliphatic rings. The van der Waals surface area contributed by atoms with Gasteiger partial charge in [-0.25, -0.2) is 4.79 Å². The number of cyclic esters (lactones) is 1. The summed E-state index contributed by atoms with van der Waals surface area (Å²) in [7, 11) is 0. The van der Waals surface area contributed by atoms with Crippen LogP contribution in [0.25, 0.3) is 0 Å². The Morgan fingerprint density at radius 3 is 2.90 bits per heavy atom. The van der Waals surface area contributed by atoms with E-state index < -0.39 is 11.5 Å². The predicted octanol–water partition coefficient (Wildman–Crippen LogP) is 0.677. The quantitative estimate of drug-likeness (QED) is 0.422. The third kappa shape index (κ3) is 1.88. The molecular formula is C5H5ClO4. The second-order valence-corrected chi connectivity index (χ2v) is 2.17. The Kier molecular flexibility index (Phi) is 2.11. The topological polar surface area (TPSA) is 52.6 Å². The lowest BCUT2D eigenvalue weighted by Gasteiger charge is -2.02. The molecule has 5 heteroatoms. The van der Waals surface area contributed by atoms with Crippen LogP contribution < -0.4 is 0 Å². The van der Waals surface area contributed by atoms with Crippen molar-refractivity contribution in [2.45, 2.75) is 12.5 Å². The number of carbonyl (C=O) groups excluding carboxylic acids is 2. The molecule has 0 amide bonds. The zero-order valence-electron chi connectivity index (χ0n) is 5.00. The lowest BCUT2D eigenvalue weighted by molar-refractivity contribution is -0.137. The second kappa shape index (κ2) is 2.88. The normalized spacial score (nSPS) is 24.1. The standard InChI is InChI=1S/C5H5ClO4/c6-5(8)10-3-1-4(7)9-2-3/h3H,1-2H2. The molecule has 1 saturated heterocycles. The number of rotatable bonds is 1. The Hall–Kier alpha value is -0.770. The van der Waals surface area contributed by atoms with Gasteiger partial charge in [0.25, 0.3) is 0 Å². The Labute approximate surface area is 62.0 Å². The van der Waals surface area contributed by atoms with Crippen LogP contribution in [0.15, 0.2) is 0 Å². The molecule has 1 aliphatic heterocycles. The maximum Gasteiger partial charge on any atom is 0.404 e. The van der Waals surface area contributed by atoms with E-state index in [1.165, 1.54) is 0 Å². The fourth-order valence-electron chi connectivity index (χ4n) is 0.696. The lowest BCUT2D eigenvalue weighted by atomic mass is 10.3. The highest BCUT2D eigenvalue weighted by Gasteiger charge is 2.26. The number of hydrogen-bond donors (Lipinski definition) is 0. The summed E-state index contributed by atoms with van der Waals surface area (Å²) in [5.41, 5.74) is -0.900. The van der Waals surface area contributed by atoms with E-state index in [2.05, 4.69) is 9.47 Å². The Balaban J connectivity index is 2.31. The van der Waals surface area contributed by atoms with Crippen LogP contribution in [-0.2, 0) is 14.3 Å². The highest BCUT2D eigenvalue weighted by Crippen LogP contribution is 2.10. The average molecular weight is 165 g/mol. The first-order valence-corrected chi connectivity index (χ1v) is 3.08. The highest BCUT2D eigenvalue weighted by molar-refractivity contribution is 6.61. The van der Waals surface area contributed by atoms with Crippen molar-refractivity contribution in [3.05, 3.63) is 0 Å². The second-order valence-electron chi connectivity index (χ2n) is 1.86. The summed E-state index contributed by atoms with van der Waals surface area (Å²) >= 11 is 4.88. The van der Waals surface area contributed by atoms with Gasteiger partial charge >= 0.3 is 11.4 Å². The summed E-state index contributed by atoms with van der Waals surface area (Å²) < 4.78 is 8.95. The van der Waals surface area contributed by atoms with Gasteiger partial charge < -0.3 is 9.47 Å². The van der Waals surface area contributed by atoms with E-state index in [1.54, 1.807) is 0 Å². The molecule has 1 unspecified atom stereocenters. The maximum atomic E-state index is 10.4. The van der Waals surface area contributed by atoms with Gasteiger partial charge in [0.15, 0.2) is 0 Å². The van der Waals surface area contributed by atoms with Crippen LogP contribution in [0.1, 0.15) is 6.42 Å². The molecule has 1 heterocycles. The van der Waals surface area contributed by atoms with Crippen LogP contribution in [0.3, 0.4) is 0 Å². The summed E-state index contributed by atoms with van der Waals surface area (Å²) in [5, 5.41) is 0. The highest BCUT2D eigenvalue weighted by atomic mass is 35.5. The van der Waals surface area contributed by atoms with Crippen molar-refractivity contribution in [1.29, 1.82) is 0 Å². The average Bonchev–Trinajstić information content (AvgIpc) is 2.13. The molecule has 0 aromatic carbocycles. The van der Waals surface area contributed by atoms with E-state index in [1.807, 2.05) is 0 Å². The summed E-state index contributed by atoms with van der Waals surface area (Å²) in [4.78, 5) is 20.5. The van der Waals surface area contributed by atoms with Crippen LogP contribution >= 0.6 is 11.6 Å². The molecule has 0 N–H and O–H groups in total. The first-order valence-electron chi connectivity index (χ1n) is 2.70. The van der Waals surface area contributed by atoms with Crippen LogP contribution in [-0.4, -0.2) is 24.1 Å². The fourth-order valence-corrected chi connectivity index (χ4v) is 0.822. The van der Waals surface area contributed by atoms with Gasteiger partial charge in [-0.15, -0.1) is 0 Å². The van der Waals surface area contributed by atoms with Gasteiger partial charge in [0.05, 0.1) is 6.42 Å². The molecule has 1 rings (SSSR count). The smallest absolute Gasteiger partial charge is 0.404 e. The number of ether oxygens (including phenoxy) is 2. The first kappa shape index (κ1) is 7.34. The van der Waals surface area contributed by atoms with Crippen molar-refractivity contribution in [1.82, 2.24) is 0 Å². The minimum Gasteiger partial charge on any atom is -0.462 e. The van der Waals surface area contributed by atoms with Crippen molar-refractivity contribution >= 4 is 23.0 Å². The zero-order valence-corrected chi connectivity index (χ0v) is 5.76. The Morgan fingerprint density at radius 1 is 1.80 bits per heavy atom. The summed E-state index contributed by atoms with van der Waals surface area (Å²) in [6, 6.07) is 0. The third-order valence-corrected chi connectivity index (χ3v) is 1.17. The first-order chi connectivity index (χ1) is 4.68. The molecule has 0 saturated carbocycles. The Bertz CT molecular complexity index is 167. The van der Waals surface area contributed by atoms with Crippen molar-refractivity contribution in [2.75, 3.05) is 6.61 Å². The predicted molar refractivity (Wildman–Crippen MR) is 31.7 cm³/mol. The maximum absolute atomic E-state index is 10.4. The van der Waals surface area contributed by atoms with Gasteiger partial charge in [0.1, 0.15) is 12.7 Å². The van der Waals surface area contributed by atoms with Crippen LogP contribution in [0, 0.1) is 0 Å². The minimum atomic E-state index is -0.900. The number of halogens is 1. The van der Waals surface area contributed by atoms with E-state index in [0.29, 0.717) is 0 Å². The van der Waals surface area contributed by atoms with Crippen molar-refractivity contribution in [3.63, 3.8) is 0 Å². The fraction of sp³-hybridized carbons (Fsp3) is 0.600. The van der Waals surface area contributed by atoms with Gasteiger partial charge in [0, 0.05) is 11.6 Å². The van der Waals surface area contributed by atoms with Gasteiger partial charge in [0.2, 0.25) is 0 Å². The summed E-state index contributed by atoms with van der Waals surface area (Å²) in [6.07, 6.45) is -0.379. The monoisotopic (exact) mass is 164 g/mol. The van der Waals surface area contributed by atoms with Gasteiger partial charge in [-0.2, -0.15) is 0 Å². The lowest BCUT2D eigenvalue weighted by Crippen LogP contribution is -2.13.